The quantitative estimate of drug-likeness (QED) is 0.234. The zero-order chi connectivity index (χ0) is 24.3. The van der Waals surface area contributed by atoms with Gasteiger partial charge in [-0.15, -0.1) is 0 Å². The molecule has 0 bridgehead atoms. The summed E-state index contributed by atoms with van der Waals surface area (Å²) in [6, 6.07) is 18.1. The molecule has 0 spiro atoms. The topological polar surface area (TPSA) is 80.3 Å². The molecule has 34 heavy (non-hydrogen) atoms. The maximum absolute atomic E-state index is 13.3. The number of benzene rings is 3. The zero-order valence-corrected chi connectivity index (χ0v) is 19.4. The van der Waals surface area contributed by atoms with Gasteiger partial charge in [0.1, 0.15) is 11.8 Å². The Morgan fingerprint density at radius 2 is 1.91 bits per heavy atom. The largest absolute Gasteiger partial charge is 0.478 e. The van der Waals surface area contributed by atoms with Crippen LogP contribution < -0.4 is 10.3 Å². The molecule has 1 aromatic heterocycles. The molecule has 0 fully saturated rings. The second-order valence-corrected chi connectivity index (χ2v) is 8.19. The van der Waals surface area contributed by atoms with Crippen LogP contribution >= 0.6 is 22.6 Å². The van der Waals surface area contributed by atoms with E-state index in [4.69, 9.17) is 10.00 Å². The molecule has 0 saturated carbocycles. The lowest BCUT2D eigenvalue weighted by atomic mass is 10.1. The van der Waals surface area contributed by atoms with Gasteiger partial charge in [0.25, 0.3) is 5.56 Å². The van der Waals surface area contributed by atoms with Crippen LogP contribution in [0.3, 0.4) is 0 Å². The fourth-order valence-electron chi connectivity index (χ4n) is 3.20. The van der Waals surface area contributed by atoms with Crippen LogP contribution in [0.1, 0.15) is 11.1 Å². The number of rotatable bonds is 5. The van der Waals surface area contributed by atoms with E-state index in [1.165, 1.54) is 18.3 Å². The maximum Gasteiger partial charge on any atom is 0.416 e. The van der Waals surface area contributed by atoms with Gasteiger partial charge in [-0.25, -0.2) is 4.98 Å². The molecule has 0 aliphatic rings. The molecule has 0 aliphatic heterocycles. The van der Waals surface area contributed by atoms with Crippen LogP contribution in [0.25, 0.3) is 22.3 Å². The summed E-state index contributed by atoms with van der Waals surface area (Å²) in [5, 5.41) is 13.2. The third-order valence-electron chi connectivity index (χ3n) is 4.77. The lowest BCUT2D eigenvalue weighted by molar-refractivity contribution is -0.137. The van der Waals surface area contributed by atoms with Crippen LogP contribution in [0.4, 0.5) is 13.2 Å². The van der Waals surface area contributed by atoms with Crippen LogP contribution in [-0.2, 0) is 6.18 Å². The minimum atomic E-state index is -4.55. The first kappa shape index (κ1) is 23.4. The molecule has 10 heteroatoms. The molecule has 0 aliphatic carbocycles. The van der Waals surface area contributed by atoms with Crippen molar-refractivity contribution < 1.29 is 17.9 Å². The molecular formula is C24H14F3IN4O2. The Hall–Kier alpha value is -3.72. The fourth-order valence-corrected chi connectivity index (χ4v) is 3.90. The van der Waals surface area contributed by atoms with E-state index in [9.17, 15) is 18.0 Å². The van der Waals surface area contributed by atoms with Gasteiger partial charge in [0.05, 0.1) is 26.3 Å². The summed E-state index contributed by atoms with van der Waals surface area (Å²) in [7, 11) is 0. The third kappa shape index (κ3) is 4.94. The molecule has 0 radical (unpaired) electrons. The Balaban J connectivity index is 1.84. The number of hydrogen-bond donors (Lipinski definition) is 0. The predicted molar refractivity (Wildman–Crippen MR) is 130 cm³/mol. The lowest BCUT2D eigenvalue weighted by Gasteiger charge is -2.12. The van der Waals surface area contributed by atoms with Crippen LogP contribution in [-0.4, -0.2) is 22.5 Å². The molecule has 0 atom stereocenters. The van der Waals surface area contributed by atoms with Crippen LogP contribution in [0, 0.1) is 14.9 Å². The summed E-state index contributed by atoms with van der Waals surface area (Å²) in [6.45, 7) is -0.0953. The van der Waals surface area contributed by atoms with Crippen molar-refractivity contribution in [2.45, 2.75) is 6.18 Å². The highest BCUT2D eigenvalue weighted by Crippen LogP contribution is 2.32. The van der Waals surface area contributed by atoms with Crippen molar-refractivity contribution in [2.24, 2.45) is 5.10 Å². The van der Waals surface area contributed by atoms with Gasteiger partial charge in [0, 0.05) is 5.56 Å². The number of halogens is 4. The van der Waals surface area contributed by atoms with E-state index >= 15 is 0 Å². The molecule has 6 nitrogen and oxygen atoms in total. The summed E-state index contributed by atoms with van der Waals surface area (Å²) in [5.74, 6) is 0.503. The van der Waals surface area contributed by atoms with E-state index in [1.54, 1.807) is 42.5 Å². The first-order valence-electron chi connectivity index (χ1n) is 9.81. The average Bonchev–Trinajstić information content (AvgIpc) is 2.82. The van der Waals surface area contributed by atoms with E-state index in [0.29, 0.717) is 16.8 Å². The summed E-state index contributed by atoms with van der Waals surface area (Å²) < 4.78 is 46.9. The van der Waals surface area contributed by atoms with Gasteiger partial charge in [0.2, 0.25) is 0 Å². The van der Waals surface area contributed by atoms with Crippen molar-refractivity contribution in [3.63, 3.8) is 0 Å². The molecule has 0 amide bonds. The van der Waals surface area contributed by atoms with Gasteiger partial charge in [0.15, 0.2) is 12.4 Å². The van der Waals surface area contributed by atoms with Crippen molar-refractivity contribution in [2.75, 3.05) is 6.61 Å². The van der Waals surface area contributed by atoms with Crippen LogP contribution in [0.2, 0.25) is 0 Å². The Morgan fingerprint density at radius 3 is 2.65 bits per heavy atom. The van der Waals surface area contributed by atoms with E-state index in [0.717, 1.165) is 20.4 Å². The first-order valence-corrected chi connectivity index (χ1v) is 10.9. The standard InChI is InChI=1S/C24H14F3IN4O2/c25-24(26,27)17-5-3-4-16(13-17)22-31-20-7-2-1-6-18(20)23(33)32(22)30-14-15-8-9-21(19(28)12-15)34-11-10-29/h1-9,12-14H,11H2. The number of aromatic nitrogens is 2. The summed E-state index contributed by atoms with van der Waals surface area (Å²) >= 11 is 2.04. The van der Waals surface area contributed by atoms with Crippen molar-refractivity contribution in [3.05, 3.63) is 91.8 Å². The molecular weight excluding hydrogens is 560 g/mol. The Bertz CT molecular complexity index is 1510. The Kier molecular flexibility index (Phi) is 6.65. The van der Waals surface area contributed by atoms with Gasteiger partial charge in [-0.2, -0.15) is 28.2 Å². The van der Waals surface area contributed by atoms with E-state index in [2.05, 4.69) is 10.1 Å². The monoisotopic (exact) mass is 574 g/mol. The molecule has 170 valence electrons. The zero-order valence-electron chi connectivity index (χ0n) is 17.3. The molecule has 1 heterocycles. The molecule has 4 rings (SSSR count). The van der Waals surface area contributed by atoms with Crippen LogP contribution in [0.15, 0.2) is 76.6 Å². The number of fused-ring (bicyclic) bond motifs is 1. The first-order chi connectivity index (χ1) is 16.3. The number of hydrogen-bond acceptors (Lipinski definition) is 5. The Morgan fingerprint density at radius 1 is 1.12 bits per heavy atom. The minimum Gasteiger partial charge on any atom is -0.478 e. The second-order valence-electron chi connectivity index (χ2n) is 7.03. The third-order valence-corrected chi connectivity index (χ3v) is 5.62. The summed E-state index contributed by atoms with van der Waals surface area (Å²) in [5.41, 5.74) is -0.309. The highest BCUT2D eigenvalue weighted by Gasteiger charge is 2.30. The van der Waals surface area contributed by atoms with Gasteiger partial charge >= 0.3 is 6.18 Å². The van der Waals surface area contributed by atoms with Gasteiger partial charge in [-0.1, -0.05) is 24.3 Å². The van der Waals surface area contributed by atoms with Gasteiger partial charge in [-0.05, 0) is 70.6 Å². The number of nitrogens with zero attached hydrogens (tertiary/aromatic N) is 4. The molecule has 0 saturated heterocycles. The predicted octanol–water partition coefficient (Wildman–Crippen LogP) is 5.47. The highest BCUT2D eigenvalue weighted by molar-refractivity contribution is 14.1. The van der Waals surface area contributed by atoms with Crippen molar-refractivity contribution in [1.29, 1.82) is 5.26 Å². The van der Waals surface area contributed by atoms with E-state index in [-0.39, 0.29) is 23.4 Å². The normalized spacial score (nSPS) is 11.6. The van der Waals surface area contributed by atoms with Crippen molar-refractivity contribution >= 4 is 39.7 Å². The number of para-hydroxylation sites is 1. The Labute approximate surface area is 205 Å². The molecule has 0 N–H and O–H groups in total. The van der Waals surface area contributed by atoms with Crippen LogP contribution in [0.5, 0.6) is 5.75 Å². The number of ether oxygens (including phenoxy) is 1. The fraction of sp³-hybridized carbons (Fsp3) is 0.0833. The van der Waals surface area contributed by atoms with Gasteiger partial charge < -0.3 is 4.74 Å². The smallest absolute Gasteiger partial charge is 0.416 e. The van der Waals surface area contributed by atoms with E-state index < -0.39 is 17.3 Å². The van der Waals surface area contributed by atoms with E-state index in [1.807, 2.05) is 28.7 Å². The maximum atomic E-state index is 13.3. The highest BCUT2D eigenvalue weighted by atomic mass is 127. The SMILES string of the molecule is N#CCOc1ccc(C=Nn2c(-c3cccc(C(F)(F)F)c3)nc3ccccc3c2=O)cc1I. The second kappa shape index (κ2) is 9.64. The summed E-state index contributed by atoms with van der Waals surface area (Å²) in [6.07, 6.45) is -3.14. The number of alkyl halides is 3. The molecule has 0 unspecified atom stereocenters. The van der Waals surface area contributed by atoms with Crippen molar-refractivity contribution in [1.82, 2.24) is 9.66 Å². The average molecular weight is 574 g/mol. The molecule has 4 aromatic rings. The summed E-state index contributed by atoms with van der Waals surface area (Å²) in [4.78, 5) is 17.6. The lowest BCUT2D eigenvalue weighted by Crippen LogP contribution is -2.20. The minimum absolute atomic E-state index is 0.0188. The van der Waals surface area contributed by atoms with Crippen molar-refractivity contribution in [3.8, 4) is 23.2 Å². The number of nitriles is 1. The molecule has 3 aromatic carbocycles. The van der Waals surface area contributed by atoms with Gasteiger partial charge in [-0.3, -0.25) is 4.79 Å².